The summed E-state index contributed by atoms with van der Waals surface area (Å²) in [6.07, 6.45) is 4.84. The van der Waals surface area contributed by atoms with Crippen molar-refractivity contribution in [3.63, 3.8) is 0 Å². The molecule has 0 aromatic heterocycles. The average molecular weight is 448 g/mol. The zero-order chi connectivity index (χ0) is 22.9. The fraction of sp³-hybridized carbons (Fsp3) is 0.481. The number of hydrogen-bond acceptors (Lipinski definition) is 3. The fourth-order valence-electron chi connectivity index (χ4n) is 5.89. The highest BCUT2D eigenvalue weighted by molar-refractivity contribution is 5.87. The number of carbonyl (C=O) groups is 2. The van der Waals surface area contributed by atoms with Crippen LogP contribution < -0.4 is 10.6 Å². The number of benzene rings is 2. The second-order valence-electron chi connectivity index (χ2n) is 10.1. The van der Waals surface area contributed by atoms with Gasteiger partial charge in [0.25, 0.3) is 5.91 Å². The first-order valence-electron chi connectivity index (χ1n) is 12.1. The van der Waals surface area contributed by atoms with Crippen LogP contribution in [-0.2, 0) is 16.9 Å². The molecule has 3 N–H and O–H groups in total. The number of piperidine rings is 1. The van der Waals surface area contributed by atoms with E-state index in [1.165, 1.54) is 0 Å². The Morgan fingerprint density at radius 2 is 1.67 bits per heavy atom. The van der Waals surface area contributed by atoms with E-state index >= 15 is 0 Å². The number of nitrogens with zero attached hydrogens (tertiary/aromatic N) is 1. The number of urea groups is 1. The quantitative estimate of drug-likeness (QED) is 0.608. The zero-order valence-corrected chi connectivity index (χ0v) is 19.0. The van der Waals surface area contributed by atoms with Gasteiger partial charge in [0, 0.05) is 37.5 Å². The van der Waals surface area contributed by atoms with Gasteiger partial charge in [-0.15, -0.1) is 0 Å². The second-order valence-corrected chi connectivity index (χ2v) is 10.1. The van der Waals surface area contributed by atoms with E-state index in [9.17, 15) is 14.7 Å². The molecule has 3 unspecified atom stereocenters. The molecule has 2 aromatic carbocycles. The maximum atomic E-state index is 13.4. The second kappa shape index (κ2) is 8.82. The molecule has 6 heteroatoms. The number of nitrogens with one attached hydrogen (secondary N) is 2. The molecule has 1 heterocycles. The van der Waals surface area contributed by atoms with Crippen molar-refractivity contribution in [2.24, 2.45) is 17.3 Å². The topological polar surface area (TPSA) is 81.7 Å². The normalized spacial score (nSPS) is 25.8. The van der Waals surface area contributed by atoms with E-state index in [-0.39, 0.29) is 23.3 Å². The monoisotopic (exact) mass is 447 g/mol. The third-order valence-electron chi connectivity index (χ3n) is 7.99. The Morgan fingerprint density at radius 1 is 1.00 bits per heavy atom. The van der Waals surface area contributed by atoms with E-state index in [0.717, 1.165) is 44.2 Å². The predicted molar refractivity (Wildman–Crippen MR) is 126 cm³/mol. The van der Waals surface area contributed by atoms with Crippen molar-refractivity contribution < 1.29 is 14.7 Å². The number of hydrogen-bond donors (Lipinski definition) is 3. The first-order valence-corrected chi connectivity index (χ1v) is 12.1. The van der Waals surface area contributed by atoms with Crippen LogP contribution in [0.5, 0.6) is 0 Å². The van der Waals surface area contributed by atoms with Crippen LogP contribution in [0.1, 0.15) is 43.2 Å². The lowest BCUT2D eigenvalue weighted by Crippen LogP contribution is -2.51. The summed E-state index contributed by atoms with van der Waals surface area (Å²) in [4.78, 5) is 27.9. The van der Waals surface area contributed by atoms with Gasteiger partial charge in [-0.1, -0.05) is 73.5 Å². The molecule has 1 aliphatic heterocycles. The summed E-state index contributed by atoms with van der Waals surface area (Å²) < 4.78 is 0. The van der Waals surface area contributed by atoms with Crippen LogP contribution in [0.4, 0.5) is 4.79 Å². The molecule has 3 fully saturated rings. The number of fused-ring (bicyclic) bond motifs is 1. The minimum Gasteiger partial charge on any atom is -0.375 e. The third-order valence-corrected chi connectivity index (χ3v) is 7.99. The van der Waals surface area contributed by atoms with E-state index in [2.05, 4.69) is 10.6 Å². The van der Waals surface area contributed by atoms with Crippen LogP contribution in [0.15, 0.2) is 60.7 Å². The summed E-state index contributed by atoms with van der Waals surface area (Å²) in [6.45, 7) is 2.38. The summed E-state index contributed by atoms with van der Waals surface area (Å²) in [5.74, 6) is 0.0559. The van der Waals surface area contributed by atoms with Gasteiger partial charge in [0.1, 0.15) is 0 Å². The first-order chi connectivity index (χ1) is 16.0. The molecule has 0 bridgehead atoms. The Bertz CT molecular complexity index is 992. The summed E-state index contributed by atoms with van der Waals surface area (Å²) in [5, 5.41) is 17.8. The minimum absolute atomic E-state index is 0.0523. The van der Waals surface area contributed by atoms with E-state index in [1.807, 2.05) is 65.6 Å². The fourth-order valence-corrected chi connectivity index (χ4v) is 5.89. The van der Waals surface area contributed by atoms with Crippen molar-refractivity contribution in [1.82, 2.24) is 15.5 Å². The summed E-state index contributed by atoms with van der Waals surface area (Å²) in [5.41, 5.74) is 0.189. The number of carbonyl (C=O) groups excluding carboxylic acids is 2. The van der Waals surface area contributed by atoms with Crippen LogP contribution in [0.2, 0.25) is 0 Å². The number of amides is 3. The molecular weight excluding hydrogens is 414 g/mol. The van der Waals surface area contributed by atoms with Crippen LogP contribution in [0.3, 0.4) is 0 Å². The van der Waals surface area contributed by atoms with Gasteiger partial charge in [-0.05, 0) is 36.3 Å². The van der Waals surface area contributed by atoms with Crippen LogP contribution >= 0.6 is 0 Å². The lowest BCUT2D eigenvalue weighted by Gasteiger charge is -2.34. The highest BCUT2D eigenvalue weighted by Crippen LogP contribution is 2.57. The molecule has 3 amide bonds. The molecule has 2 saturated carbocycles. The number of likely N-dealkylation sites (tertiary alicyclic amines) is 1. The summed E-state index contributed by atoms with van der Waals surface area (Å²) >= 11 is 0. The number of aliphatic hydroxyl groups is 1. The van der Waals surface area contributed by atoms with Crippen molar-refractivity contribution >= 4 is 11.9 Å². The van der Waals surface area contributed by atoms with E-state index in [4.69, 9.17) is 0 Å². The van der Waals surface area contributed by atoms with Gasteiger partial charge in [-0.3, -0.25) is 4.79 Å². The smallest absolute Gasteiger partial charge is 0.317 e. The van der Waals surface area contributed by atoms with Crippen molar-refractivity contribution in [2.45, 2.75) is 44.2 Å². The van der Waals surface area contributed by atoms with Gasteiger partial charge >= 0.3 is 6.03 Å². The lowest BCUT2D eigenvalue weighted by molar-refractivity contribution is -0.147. The molecule has 2 aliphatic carbocycles. The van der Waals surface area contributed by atoms with E-state index in [1.54, 1.807) is 0 Å². The Labute approximate surface area is 195 Å². The van der Waals surface area contributed by atoms with Crippen molar-refractivity contribution in [2.75, 3.05) is 19.6 Å². The Kier molecular flexibility index (Phi) is 5.87. The van der Waals surface area contributed by atoms with Gasteiger partial charge in [-0.2, -0.15) is 0 Å². The molecule has 6 nitrogen and oxygen atoms in total. The zero-order valence-electron chi connectivity index (χ0n) is 19.0. The van der Waals surface area contributed by atoms with Gasteiger partial charge in [-0.25, -0.2) is 4.79 Å². The van der Waals surface area contributed by atoms with E-state index in [0.29, 0.717) is 31.1 Å². The maximum absolute atomic E-state index is 13.4. The SMILES string of the molecule is O=C(NCc1ccccc1)N1CC2CC2(CNC(=O)C(O)(c2ccccc2)C2CCCC2)C1. The molecule has 0 spiro atoms. The molecule has 3 atom stereocenters. The lowest BCUT2D eigenvalue weighted by atomic mass is 9.79. The molecule has 174 valence electrons. The third kappa shape index (κ3) is 4.24. The van der Waals surface area contributed by atoms with Crippen LogP contribution in [-0.4, -0.2) is 41.6 Å². The average Bonchev–Trinajstić information content (AvgIpc) is 3.21. The number of rotatable bonds is 7. The van der Waals surface area contributed by atoms with Crippen molar-refractivity contribution in [3.05, 3.63) is 71.8 Å². The van der Waals surface area contributed by atoms with Gasteiger partial charge in [0.2, 0.25) is 0 Å². The molecule has 0 radical (unpaired) electrons. The Morgan fingerprint density at radius 3 is 2.36 bits per heavy atom. The Hall–Kier alpha value is -2.86. The van der Waals surface area contributed by atoms with Crippen molar-refractivity contribution in [1.29, 1.82) is 0 Å². The molecular formula is C27H33N3O3. The van der Waals surface area contributed by atoms with Crippen LogP contribution in [0.25, 0.3) is 0 Å². The maximum Gasteiger partial charge on any atom is 0.317 e. The highest BCUT2D eigenvalue weighted by atomic mass is 16.3. The molecule has 33 heavy (non-hydrogen) atoms. The van der Waals surface area contributed by atoms with Gasteiger partial charge in [0.15, 0.2) is 5.60 Å². The summed E-state index contributed by atoms with van der Waals surface area (Å²) in [7, 11) is 0. The molecule has 1 saturated heterocycles. The molecule has 3 aliphatic rings. The summed E-state index contributed by atoms with van der Waals surface area (Å²) in [6, 6.07) is 19.2. The minimum atomic E-state index is -1.50. The van der Waals surface area contributed by atoms with Crippen LogP contribution in [0, 0.1) is 17.3 Å². The highest BCUT2D eigenvalue weighted by Gasteiger charge is 2.61. The van der Waals surface area contributed by atoms with E-state index < -0.39 is 5.60 Å². The standard InChI is InChI=1S/C27H33N3O3/c31-24(27(33,22-13-7-8-14-22)21-11-5-2-6-12-21)29-18-26-15-23(26)17-30(19-26)25(32)28-16-20-9-3-1-4-10-20/h1-6,9-12,22-23,33H,7-8,13-19H2,(H,28,32)(H,29,31). The largest absolute Gasteiger partial charge is 0.375 e. The van der Waals surface area contributed by atoms with Crippen molar-refractivity contribution in [3.8, 4) is 0 Å². The Balaban J connectivity index is 1.19. The molecule has 2 aromatic rings. The van der Waals surface area contributed by atoms with Gasteiger partial charge in [0.05, 0.1) is 0 Å². The predicted octanol–water partition coefficient (Wildman–Crippen LogP) is 3.41. The van der Waals surface area contributed by atoms with Gasteiger partial charge < -0.3 is 20.6 Å². The first kappa shape index (κ1) is 22.0. The molecule has 5 rings (SSSR count).